The number of urea groups is 1. The maximum Gasteiger partial charge on any atom is 0.315 e. The Morgan fingerprint density at radius 2 is 1.61 bits per heavy atom. The highest BCUT2D eigenvalue weighted by molar-refractivity contribution is 5.76. The monoisotopic (exact) mass is 248 g/mol. The molecule has 0 aromatic heterocycles. The second-order valence-corrected chi connectivity index (χ2v) is 5.00. The van der Waals surface area contributed by atoms with E-state index in [9.17, 15) is 4.79 Å². The van der Waals surface area contributed by atoms with E-state index in [1.54, 1.807) is 0 Å². The Kier molecular flexibility index (Phi) is 4.76. The molecule has 2 unspecified atom stereocenters. The smallest absolute Gasteiger partial charge is 0.315 e. The summed E-state index contributed by atoms with van der Waals surface area (Å²) in [4.78, 5) is 11.5. The van der Waals surface area contributed by atoms with Crippen molar-refractivity contribution < 1.29 is 4.79 Å². The zero-order valence-corrected chi connectivity index (χ0v) is 11.9. The van der Waals surface area contributed by atoms with Gasteiger partial charge in [0, 0.05) is 11.5 Å². The van der Waals surface area contributed by atoms with E-state index in [2.05, 4.69) is 43.5 Å². The molecule has 18 heavy (non-hydrogen) atoms. The number of nitrogens with one attached hydrogen (secondary N) is 2. The first-order chi connectivity index (χ1) is 8.51. The first kappa shape index (κ1) is 14.6. The third-order valence-corrected chi connectivity index (χ3v) is 3.62. The van der Waals surface area contributed by atoms with E-state index in [-0.39, 0.29) is 23.5 Å². The van der Waals surface area contributed by atoms with Crippen molar-refractivity contribution in [3.8, 4) is 0 Å². The number of rotatable bonds is 1. The van der Waals surface area contributed by atoms with Gasteiger partial charge in [0.05, 0.1) is 6.04 Å². The minimum atomic E-state index is -0.0827. The normalized spacial score (nSPS) is 25.3. The molecule has 1 aromatic rings. The van der Waals surface area contributed by atoms with Crippen molar-refractivity contribution in [1.29, 1.82) is 0 Å². The second kappa shape index (κ2) is 5.89. The fourth-order valence-corrected chi connectivity index (χ4v) is 2.15. The number of carbonyl (C=O) groups excluding carboxylic acids is 1. The Morgan fingerprint density at radius 3 is 2.17 bits per heavy atom. The molecule has 0 radical (unpaired) electrons. The Bertz CT molecular complexity index is 387. The lowest BCUT2D eigenvalue weighted by atomic mass is 9.74. The van der Waals surface area contributed by atoms with Gasteiger partial charge in [-0.15, -0.1) is 0 Å². The van der Waals surface area contributed by atoms with Crippen LogP contribution in [0.25, 0.3) is 0 Å². The molecular weight excluding hydrogens is 224 g/mol. The summed E-state index contributed by atoms with van der Waals surface area (Å²) in [5, 5.41) is 5.92. The molecule has 1 aromatic carbocycles. The van der Waals surface area contributed by atoms with Crippen LogP contribution in [0.2, 0.25) is 0 Å². The molecule has 100 valence electrons. The van der Waals surface area contributed by atoms with Crippen LogP contribution >= 0.6 is 0 Å². The van der Waals surface area contributed by atoms with Gasteiger partial charge in [-0.05, 0) is 12.5 Å². The highest BCUT2D eigenvalue weighted by Crippen LogP contribution is 2.38. The third-order valence-electron chi connectivity index (χ3n) is 3.62. The SMILES string of the molecule is CC.CC1NC(=O)NC(c2ccccc2)C1(C)C. The summed E-state index contributed by atoms with van der Waals surface area (Å²) in [6, 6.07) is 10.3. The molecule has 0 bridgehead atoms. The fraction of sp³-hybridized carbons (Fsp3) is 0.533. The van der Waals surface area contributed by atoms with Crippen LogP contribution in [0, 0.1) is 5.41 Å². The summed E-state index contributed by atoms with van der Waals surface area (Å²) in [5.41, 5.74) is 1.16. The van der Waals surface area contributed by atoms with Crippen molar-refractivity contribution in [2.75, 3.05) is 0 Å². The third kappa shape index (κ3) is 2.84. The summed E-state index contributed by atoms with van der Waals surface area (Å²) in [5.74, 6) is 0. The van der Waals surface area contributed by atoms with Crippen molar-refractivity contribution in [2.45, 2.75) is 46.7 Å². The molecule has 0 spiro atoms. The standard InChI is InChI=1S/C13H18N2O.C2H6/c1-9-13(2,3)11(15-12(16)14-9)10-7-5-4-6-8-10;1-2/h4-9,11H,1-3H3,(H2,14,15,16);1-2H3. The van der Waals surface area contributed by atoms with Gasteiger partial charge in [-0.25, -0.2) is 4.79 Å². The number of benzene rings is 1. The van der Waals surface area contributed by atoms with Crippen LogP contribution < -0.4 is 10.6 Å². The molecule has 2 amide bonds. The van der Waals surface area contributed by atoms with Gasteiger partial charge < -0.3 is 10.6 Å². The summed E-state index contributed by atoms with van der Waals surface area (Å²) < 4.78 is 0. The molecule has 1 aliphatic heterocycles. The minimum Gasteiger partial charge on any atom is -0.335 e. The highest BCUT2D eigenvalue weighted by Gasteiger charge is 2.41. The number of hydrogen-bond acceptors (Lipinski definition) is 1. The Labute approximate surface area is 110 Å². The van der Waals surface area contributed by atoms with Gasteiger partial charge in [0.1, 0.15) is 0 Å². The maximum atomic E-state index is 11.5. The topological polar surface area (TPSA) is 41.1 Å². The van der Waals surface area contributed by atoms with E-state index in [1.807, 2.05) is 32.0 Å². The summed E-state index contributed by atoms with van der Waals surface area (Å²) in [6.45, 7) is 10.4. The molecule has 1 heterocycles. The lowest BCUT2D eigenvalue weighted by molar-refractivity contribution is 0.141. The van der Waals surface area contributed by atoms with Crippen molar-refractivity contribution in [3.05, 3.63) is 35.9 Å². The van der Waals surface area contributed by atoms with Crippen LogP contribution in [0.3, 0.4) is 0 Å². The minimum absolute atomic E-state index is 0.00470. The van der Waals surface area contributed by atoms with Crippen molar-refractivity contribution in [1.82, 2.24) is 10.6 Å². The van der Waals surface area contributed by atoms with Gasteiger partial charge in [0.25, 0.3) is 0 Å². The average molecular weight is 248 g/mol. The Hall–Kier alpha value is -1.51. The highest BCUT2D eigenvalue weighted by atomic mass is 16.2. The molecule has 2 N–H and O–H groups in total. The largest absolute Gasteiger partial charge is 0.335 e. The van der Waals surface area contributed by atoms with Gasteiger partial charge >= 0.3 is 6.03 Å². The molecule has 2 rings (SSSR count). The van der Waals surface area contributed by atoms with Crippen molar-refractivity contribution >= 4 is 6.03 Å². The van der Waals surface area contributed by atoms with E-state index in [4.69, 9.17) is 0 Å². The lowest BCUT2D eigenvalue weighted by Crippen LogP contribution is -2.59. The van der Waals surface area contributed by atoms with Gasteiger partial charge in [0.15, 0.2) is 0 Å². The Morgan fingerprint density at radius 1 is 1.06 bits per heavy atom. The van der Waals surface area contributed by atoms with E-state index in [1.165, 1.54) is 0 Å². The second-order valence-electron chi connectivity index (χ2n) is 5.00. The number of amides is 2. The van der Waals surface area contributed by atoms with Crippen LogP contribution in [0.5, 0.6) is 0 Å². The molecule has 1 saturated heterocycles. The quantitative estimate of drug-likeness (QED) is 0.785. The van der Waals surface area contributed by atoms with Crippen LogP contribution in [-0.4, -0.2) is 12.1 Å². The predicted octanol–water partition coefficient (Wildman–Crippen LogP) is 3.48. The fourth-order valence-electron chi connectivity index (χ4n) is 2.15. The number of hydrogen-bond donors (Lipinski definition) is 2. The van der Waals surface area contributed by atoms with Gasteiger partial charge in [-0.1, -0.05) is 58.0 Å². The molecular formula is C15H24N2O. The van der Waals surface area contributed by atoms with Gasteiger partial charge in [-0.2, -0.15) is 0 Å². The van der Waals surface area contributed by atoms with E-state index < -0.39 is 0 Å². The zero-order chi connectivity index (χ0) is 13.8. The molecule has 1 fully saturated rings. The maximum absolute atomic E-state index is 11.5. The number of carbonyl (C=O) groups is 1. The van der Waals surface area contributed by atoms with Crippen molar-refractivity contribution in [2.24, 2.45) is 5.41 Å². The Balaban J connectivity index is 0.000000771. The van der Waals surface area contributed by atoms with E-state index >= 15 is 0 Å². The summed E-state index contributed by atoms with van der Waals surface area (Å²) in [7, 11) is 0. The van der Waals surface area contributed by atoms with E-state index in [0.717, 1.165) is 5.56 Å². The van der Waals surface area contributed by atoms with Crippen LogP contribution in [0.4, 0.5) is 4.79 Å². The average Bonchev–Trinajstić information content (AvgIpc) is 2.38. The summed E-state index contributed by atoms with van der Waals surface area (Å²) in [6.07, 6.45) is 0. The molecule has 0 aliphatic carbocycles. The summed E-state index contributed by atoms with van der Waals surface area (Å²) >= 11 is 0. The first-order valence-electron chi connectivity index (χ1n) is 6.64. The van der Waals surface area contributed by atoms with Crippen LogP contribution in [-0.2, 0) is 0 Å². The molecule has 3 nitrogen and oxygen atoms in total. The predicted molar refractivity (Wildman–Crippen MR) is 75.4 cm³/mol. The zero-order valence-electron chi connectivity index (χ0n) is 11.9. The van der Waals surface area contributed by atoms with Crippen molar-refractivity contribution in [3.63, 3.8) is 0 Å². The molecule has 3 heteroatoms. The van der Waals surface area contributed by atoms with Crippen LogP contribution in [0.15, 0.2) is 30.3 Å². The molecule has 0 saturated carbocycles. The molecule has 2 atom stereocenters. The van der Waals surface area contributed by atoms with Gasteiger partial charge in [0.2, 0.25) is 0 Å². The van der Waals surface area contributed by atoms with E-state index in [0.29, 0.717) is 0 Å². The lowest BCUT2D eigenvalue weighted by Gasteiger charge is -2.44. The molecule has 1 aliphatic rings. The van der Waals surface area contributed by atoms with Gasteiger partial charge in [-0.3, -0.25) is 0 Å². The first-order valence-corrected chi connectivity index (χ1v) is 6.64. The van der Waals surface area contributed by atoms with Crippen LogP contribution in [0.1, 0.15) is 46.2 Å².